The molecule has 0 saturated heterocycles. The number of aromatic nitrogens is 3. The van der Waals surface area contributed by atoms with Gasteiger partial charge in [-0.05, 0) is 30.3 Å². The van der Waals surface area contributed by atoms with E-state index in [1.807, 2.05) is 47.7 Å². The van der Waals surface area contributed by atoms with Gasteiger partial charge in [-0.1, -0.05) is 84.9 Å². The first-order valence-electron chi connectivity index (χ1n) is 12.9. The van der Waals surface area contributed by atoms with Crippen molar-refractivity contribution in [2.45, 2.75) is 0 Å². The zero-order chi connectivity index (χ0) is 25.5. The molecule has 4 aromatic heterocycles. The summed E-state index contributed by atoms with van der Waals surface area (Å²) in [6, 6.07) is 40.2. The molecular formula is C34H19N3OS. The Balaban J connectivity index is 1.45. The number of fused-ring (bicyclic) bond motifs is 9. The van der Waals surface area contributed by atoms with Crippen LogP contribution in [-0.4, -0.2) is 14.5 Å². The highest BCUT2D eigenvalue weighted by atomic mass is 32.1. The van der Waals surface area contributed by atoms with E-state index in [9.17, 15) is 0 Å². The molecule has 0 aliphatic carbocycles. The fourth-order valence-corrected chi connectivity index (χ4v) is 7.05. The summed E-state index contributed by atoms with van der Waals surface area (Å²) in [5.74, 6) is 0.602. The number of rotatable bonds is 2. The summed E-state index contributed by atoms with van der Waals surface area (Å²) in [5, 5.41) is 6.86. The quantitative estimate of drug-likeness (QED) is 0.229. The van der Waals surface area contributed by atoms with Gasteiger partial charge in [-0.25, -0.2) is 4.98 Å². The number of nitrogens with zero attached hydrogens (tertiary/aromatic N) is 3. The van der Waals surface area contributed by atoms with Crippen molar-refractivity contribution in [3.05, 3.63) is 115 Å². The monoisotopic (exact) mass is 517 g/mol. The lowest BCUT2D eigenvalue weighted by Crippen LogP contribution is -2.02. The van der Waals surface area contributed by atoms with Crippen LogP contribution in [-0.2, 0) is 0 Å². The third kappa shape index (κ3) is 2.93. The maximum atomic E-state index is 6.33. The molecule has 0 unspecified atom stereocenters. The van der Waals surface area contributed by atoms with Crippen LogP contribution in [0.25, 0.3) is 81.3 Å². The molecule has 0 N–H and O–H groups in total. The Morgan fingerprint density at radius 3 is 2.21 bits per heavy atom. The van der Waals surface area contributed by atoms with Crippen molar-refractivity contribution in [2.24, 2.45) is 0 Å². The zero-order valence-corrected chi connectivity index (χ0v) is 21.4. The van der Waals surface area contributed by atoms with Gasteiger partial charge >= 0.3 is 0 Å². The average Bonchev–Trinajstić information content (AvgIpc) is 3.65. The summed E-state index contributed by atoms with van der Waals surface area (Å²) >= 11 is 1.84. The predicted molar refractivity (Wildman–Crippen MR) is 162 cm³/mol. The predicted octanol–water partition coefficient (Wildman–Crippen LogP) is 9.51. The van der Waals surface area contributed by atoms with Crippen LogP contribution < -0.4 is 0 Å². The van der Waals surface area contributed by atoms with Gasteiger partial charge in [0, 0.05) is 41.9 Å². The minimum atomic E-state index is 0.591. The topological polar surface area (TPSA) is 43.9 Å². The van der Waals surface area contributed by atoms with E-state index in [0.29, 0.717) is 11.7 Å². The summed E-state index contributed by atoms with van der Waals surface area (Å²) in [6.07, 6.45) is 0. The number of furan rings is 1. The standard InChI is InChI=1S/C34H19N3OS/c1-2-10-20(11-3-1)32-31-23-14-5-8-16-28(23)38-33(31)36-34(35-32)37-26-15-7-4-12-21(26)24-19-30-25(18-27(24)37)22-13-6-9-17-29(22)39-30/h1-19H. The molecule has 0 amide bonds. The van der Waals surface area contributed by atoms with Crippen molar-refractivity contribution in [1.29, 1.82) is 0 Å². The molecule has 4 heterocycles. The average molecular weight is 518 g/mol. The number of thiophene rings is 1. The molecule has 0 bridgehead atoms. The first kappa shape index (κ1) is 21.0. The highest BCUT2D eigenvalue weighted by Gasteiger charge is 2.21. The first-order valence-corrected chi connectivity index (χ1v) is 13.7. The van der Waals surface area contributed by atoms with Crippen molar-refractivity contribution >= 4 is 75.4 Å². The molecule has 5 aromatic carbocycles. The maximum Gasteiger partial charge on any atom is 0.238 e. The number of para-hydroxylation sites is 2. The van der Waals surface area contributed by atoms with Crippen molar-refractivity contribution in [1.82, 2.24) is 14.5 Å². The molecule has 0 saturated carbocycles. The summed E-state index contributed by atoms with van der Waals surface area (Å²) in [4.78, 5) is 10.3. The molecule has 0 radical (unpaired) electrons. The molecule has 9 rings (SSSR count). The van der Waals surface area contributed by atoms with Gasteiger partial charge in [0.15, 0.2) is 0 Å². The van der Waals surface area contributed by atoms with Crippen molar-refractivity contribution in [3.63, 3.8) is 0 Å². The molecule has 0 aliphatic rings. The van der Waals surface area contributed by atoms with Crippen LogP contribution in [0.4, 0.5) is 0 Å². The van der Waals surface area contributed by atoms with Crippen molar-refractivity contribution < 1.29 is 4.42 Å². The molecule has 39 heavy (non-hydrogen) atoms. The van der Waals surface area contributed by atoms with E-state index in [4.69, 9.17) is 14.4 Å². The number of benzene rings is 5. The fourth-order valence-electron chi connectivity index (χ4n) is 5.92. The molecule has 0 atom stereocenters. The minimum Gasteiger partial charge on any atom is -0.437 e. The van der Waals surface area contributed by atoms with Gasteiger partial charge < -0.3 is 4.42 Å². The maximum absolute atomic E-state index is 6.33. The Hall–Kier alpha value is -5.00. The largest absolute Gasteiger partial charge is 0.437 e. The second kappa shape index (κ2) is 7.76. The lowest BCUT2D eigenvalue weighted by Gasteiger charge is -2.09. The van der Waals surface area contributed by atoms with Gasteiger partial charge in [-0.2, -0.15) is 4.98 Å². The van der Waals surface area contributed by atoms with Crippen LogP contribution in [0, 0.1) is 0 Å². The third-order valence-electron chi connectivity index (χ3n) is 7.65. The normalized spacial score (nSPS) is 12.1. The second-order valence-corrected chi connectivity index (χ2v) is 10.9. The first-order chi connectivity index (χ1) is 19.3. The van der Waals surface area contributed by atoms with Crippen LogP contribution in [0.2, 0.25) is 0 Å². The molecule has 4 nitrogen and oxygen atoms in total. The Labute approximate surface area is 226 Å². The smallest absolute Gasteiger partial charge is 0.238 e. The van der Waals surface area contributed by atoms with E-state index < -0.39 is 0 Å². The fraction of sp³-hybridized carbons (Fsp3) is 0. The van der Waals surface area contributed by atoms with Crippen LogP contribution in [0.3, 0.4) is 0 Å². The summed E-state index contributed by atoms with van der Waals surface area (Å²) in [7, 11) is 0. The van der Waals surface area contributed by atoms with Gasteiger partial charge in [0.2, 0.25) is 11.7 Å². The molecular weight excluding hydrogens is 498 g/mol. The highest BCUT2D eigenvalue weighted by Crippen LogP contribution is 2.41. The lowest BCUT2D eigenvalue weighted by atomic mass is 10.1. The minimum absolute atomic E-state index is 0.591. The van der Waals surface area contributed by atoms with Gasteiger partial charge in [-0.15, -0.1) is 11.3 Å². The Morgan fingerprint density at radius 1 is 0.564 bits per heavy atom. The lowest BCUT2D eigenvalue weighted by molar-refractivity contribution is 0.651. The molecule has 0 aliphatic heterocycles. The highest BCUT2D eigenvalue weighted by molar-refractivity contribution is 7.25. The third-order valence-corrected chi connectivity index (χ3v) is 8.78. The summed E-state index contributed by atoms with van der Waals surface area (Å²) < 4.78 is 11.1. The van der Waals surface area contributed by atoms with E-state index in [0.717, 1.165) is 38.6 Å². The second-order valence-electron chi connectivity index (χ2n) is 9.83. The zero-order valence-electron chi connectivity index (χ0n) is 20.6. The van der Waals surface area contributed by atoms with Gasteiger partial charge in [0.1, 0.15) is 5.58 Å². The van der Waals surface area contributed by atoms with E-state index in [-0.39, 0.29) is 0 Å². The molecule has 5 heteroatoms. The SMILES string of the molecule is c1ccc(-c2nc(-n3c4ccccc4c4cc5sc6ccccc6c5cc43)nc3oc4ccccc4c23)cc1. The van der Waals surface area contributed by atoms with Gasteiger partial charge in [0.25, 0.3) is 0 Å². The Kier molecular flexibility index (Phi) is 4.18. The molecule has 182 valence electrons. The summed E-state index contributed by atoms with van der Waals surface area (Å²) in [5.41, 5.74) is 5.46. The Bertz CT molecular complexity index is 2400. The summed E-state index contributed by atoms with van der Waals surface area (Å²) in [6.45, 7) is 0. The van der Waals surface area contributed by atoms with Crippen molar-refractivity contribution in [3.8, 4) is 17.2 Å². The van der Waals surface area contributed by atoms with Crippen LogP contribution >= 0.6 is 11.3 Å². The van der Waals surface area contributed by atoms with E-state index in [1.54, 1.807) is 0 Å². The van der Waals surface area contributed by atoms with Crippen LogP contribution in [0.15, 0.2) is 120 Å². The molecule has 9 aromatic rings. The van der Waals surface area contributed by atoms with E-state index in [1.165, 1.54) is 30.9 Å². The van der Waals surface area contributed by atoms with Crippen LogP contribution in [0.5, 0.6) is 0 Å². The molecule has 0 spiro atoms. The van der Waals surface area contributed by atoms with Crippen molar-refractivity contribution in [2.75, 3.05) is 0 Å². The van der Waals surface area contributed by atoms with Gasteiger partial charge in [-0.3, -0.25) is 4.57 Å². The number of hydrogen-bond acceptors (Lipinski definition) is 4. The van der Waals surface area contributed by atoms with Crippen LogP contribution in [0.1, 0.15) is 0 Å². The number of hydrogen-bond donors (Lipinski definition) is 0. The van der Waals surface area contributed by atoms with E-state index >= 15 is 0 Å². The van der Waals surface area contributed by atoms with Gasteiger partial charge in [0.05, 0.1) is 22.1 Å². The van der Waals surface area contributed by atoms with E-state index in [2.05, 4.69) is 83.4 Å². The molecule has 0 fully saturated rings. The Morgan fingerprint density at radius 2 is 1.31 bits per heavy atom.